The number of hydrogen-bond acceptors (Lipinski definition) is 4. The van der Waals surface area contributed by atoms with Gasteiger partial charge in [0.2, 0.25) is 0 Å². The van der Waals surface area contributed by atoms with E-state index in [1.807, 2.05) is 0 Å². The van der Waals surface area contributed by atoms with Gasteiger partial charge in [0.05, 0.1) is 0 Å². The highest BCUT2D eigenvalue weighted by Crippen LogP contribution is 2.31. The van der Waals surface area contributed by atoms with Crippen molar-refractivity contribution in [2.24, 2.45) is 5.11 Å². The first-order chi connectivity index (χ1) is 8.65. The molecule has 1 aromatic heterocycles. The summed E-state index contributed by atoms with van der Waals surface area (Å²) in [4.78, 5) is 11.4. The Bertz CT molecular complexity index is 578. The highest BCUT2D eigenvalue weighted by molar-refractivity contribution is 5.77. The van der Waals surface area contributed by atoms with E-state index < -0.39 is 12.0 Å². The molecule has 1 heterocycles. The Kier molecular flexibility index (Phi) is 3.09. The van der Waals surface area contributed by atoms with Gasteiger partial charge >= 0.3 is 5.97 Å². The van der Waals surface area contributed by atoms with Crippen LogP contribution in [0.2, 0.25) is 0 Å². The number of carbonyl (C=O) groups is 1. The van der Waals surface area contributed by atoms with Gasteiger partial charge in [-0.15, -0.1) is 5.11 Å². The molecule has 2 rings (SSSR count). The van der Waals surface area contributed by atoms with Crippen molar-refractivity contribution in [2.45, 2.75) is 6.04 Å². The van der Waals surface area contributed by atoms with Gasteiger partial charge in [-0.05, 0) is 11.6 Å². The van der Waals surface area contributed by atoms with Crippen LogP contribution in [-0.4, -0.2) is 20.7 Å². The molecule has 18 heavy (non-hydrogen) atoms. The molecule has 0 radical (unpaired) electrons. The molecule has 0 fully saturated rings. The maximum absolute atomic E-state index is 11.4. The molecule has 6 nitrogen and oxygen atoms in total. The second-order valence-electron chi connectivity index (χ2n) is 3.68. The Hall–Kier alpha value is -2.63. The number of carboxylic acids is 1. The van der Waals surface area contributed by atoms with Crippen LogP contribution in [0.15, 0.2) is 47.6 Å². The summed E-state index contributed by atoms with van der Waals surface area (Å²) in [5.74, 6) is -1.28. The fraction of sp³-hybridized carbons (Fsp3) is 0.0833. The monoisotopic (exact) mass is 245 g/mol. The first-order valence-corrected chi connectivity index (χ1v) is 5.20. The molecule has 1 atom stereocenters. The fourth-order valence-corrected chi connectivity index (χ4v) is 1.82. The number of aromatic nitrogens is 1. The molecule has 2 aromatic rings. The van der Waals surface area contributed by atoms with Crippen molar-refractivity contribution in [3.05, 3.63) is 48.0 Å². The van der Waals surface area contributed by atoms with Gasteiger partial charge in [-0.25, -0.2) is 10.3 Å². The topological polar surface area (TPSA) is 98.7 Å². The van der Waals surface area contributed by atoms with E-state index in [-0.39, 0.29) is 11.7 Å². The zero-order valence-corrected chi connectivity index (χ0v) is 9.32. The lowest BCUT2D eigenvalue weighted by atomic mass is 10.1. The van der Waals surface area contributed by atoms with E-state index in [2.05, 4.69) is 5.11 Å². The third kappa shape index (κ3) is 1.95. The minimum absolute atomic E-state index is 0.0868. The summed E-state index contributed by atoms with van der Waals surface area (Å²) in [7, 11) is 0. The van der Waals surface area contributed by atoms with E-state index >= 15 is 0 Å². The summed E-state index contributed by atoms with van der Waals surface area (Å²) >= 11 is 0. The van der Waals surface area contributed by atoms with Gasteiger partial charge < -0.3 is 10.2 Å². The Morgan fingerprint density at radius 2 is 1.89 bits per heavy atom. The van der Waals surface area contributed by atoms with Crippen molar-refractivity contribution in [1.29, 1.82) is 5.53 Å². The average molecular weight is 245 g/mol. The van der Waals surface area contributed by atoms with E-state index in [0.717, 1.165) is 4.57 Å². The number of carboxylic acid groups (broad SMARTS) is 1. The van der Waals surface area contributed by atoms with Gasteiger partial charge in [0.25, 0.3) is 0 Å². The van der Waals surface area contributed by atoms with Crippen molar-refractivity contribution in [2.75, 3.05) is 0 Å². The molecule has 0 bridgehead atoms. The molecule has 1 aromatic carbocycles. The molecule has 0 saturated heterocycles. The van der Waals surface area contributed by atoms with Crippen LogP contribution in [0.25, 0.3) is 0 Å². The van der Waals surface area contributed by atoms with Crippen molar-refractivity contribution >= 4 is 11.8 Å². The molecule has 3 N–H and O–H groups in total. The smallest absolute Gasteiger partial charge is 0.331 e. The second-order valence-corrected chi connectivity index (χ2v) is 3.68. The SMILES string of the molecule is N=Nc1ccc(O)n1C(C(=O)O)c1ccccc1. The predicted molar refractivity (Wildman–Crippen MR) is 63.1 cm³/mol. The van der Waals surface area contributed by atoms with Crippen LogP contribution in [0.3, 0.4) is 0 Å². The first-order valence-electron chi connectivity index (χ1n) is 5.20. The molecule has 1 unspecified atom stereocenters. The lowest BCUT2D eigenvalue weighted by molar-refractivity contribution is -0.139. The maximum Gasteiger partial charge on any atom is 0.331 e. The zero-order valence-electron chi connectivity index (χ0n) is 9.32. The first kappa shape index (κ1) is 11.8. The zero-order chi connectivity index (χ0) is 13.1. The molecule has 0 saturated carbocycles. The predicted octanol–water partition coefficient (Wildman–Crippen LogP) is 2.53. The Balaban J connectivity index is 2.59. The van der Waals surface area contributed by atoms with Gasteiger partial charge in [0.15, 0.2) is 17.7 Å². The second kappa shape index (κ2) is 4.70. The molecule has 6 heteroatoms. The van der Waals surface area contributed by atoms with Crippen molar-refractivity contribution in [3.63, 3.8) is 0 Å². The van der Waals surface area contributed by atoms with Crippen LogP contribution in [0.1, 0.15) is 11.6 Å². The molecule has 0 aliphatic carbocycles. The van der Waals surface area contributed by atoms with Gasteiger partial charge in [-0.1, -0.05) is 30.3 Å². The normalized spacial score (nSPS) is 12.0. The summed E-state index contributed by atoms with van der Waals surface area (Å²) < 4.78 is 1.10. The van der Waals surface area contributed by atoms with E-state index in [4.69, 9.17) is 5.53 Å². The lowest BCUT2D eigenvalue weighted by Crippen LogP contribution is -2.19. The van der Waals surface area contributed by atoms with E-state index in [9.17, 15) is 15.0 Å². The maximum atomic E-state index is 11.4. The quantitative estimate of drug-likeness (QED) is 0.721. The summed E-state index contributed by atoms with van der Waals surface area (Å²) in [6.07, 6.45) is 0. The van der Waals surface area contributed by atoms with Crippen molar-refractivity contribution < 1.29 is 15.0 Å². The van der Waals surface area contributed by atoms with Gasteiger partial charge in [-0.2, -0.15) is 0 Å². The number of rotatable bonds is 4. The Morgan fingerprint density at radius 1 is 1.22 bits per heavy atom. The molecule has 92 valence electrons. The van der Waals surface area contributed by atoms with Crippen molar-refractivity contribution in [3.8, 4) is 5.88 Å². The standard InChI is InChI=1S/C12H11N3O3/c13-14-9-6-7-10(16)15(9)11(12(17)18)8-4-2-1-3-5-8/h1-7,11,13,16H,(H,17,18). The van der Waals surface area contributed by atoms with Crippen LogP contribution in [-0.2, 0) is 4.79 Å². The fourth-order valence-electron chi connectivity index (χ4n) is 1.82. The van der Waals surface area contributed by atoms with Gasteiger partial charge in [-0.3, -0.25) is 4.57 Å². The summed E-state index contributed by atoms with van der Waals surface area (Å²) in [5, 5.41) is 22.2. The number of nitrogens with one attached hydrogen (secondary N) is 1. The number of benzene rings is 1. The van der Waals surface area contributed by atoms with E-state index in [1.54, 1.807) is 30.3 Å². The minimum atomic E-state index is -1.13. The molecular formula is C12H11N3O3. The van der Waals surface area contributed by atoms with E-state index in [0.29, 0.717) is 5.56 Å². The molecule has 0 amide bonds. The van der Waals surface area contributed by atoms with Gasteiger partial charge in [0.1, 0.15) is 0 Å². The van der Waals surface area contributed by atoms with Crippen LogP contribution >= 0.6 is 0 Å². The lowest BCUT2D eigenvalue weighted by Gasteiger charge is -2.17. The van der Waals surface area contributed by atoms with E-state index in [1.165, 1.54) is 12.1 Å². The third-order valence-electron chi connectivity index (χ3n) is 2.60. The third-order valence-corrected chi connectivity index (χ3v) is 2.60. The molecule has 0 aliphatic rings. The average Bonchev–Trinajstić information content (AvgIpc) is 2.72. The summed E-state index contributed by atoms with van der Waals surface area (Å²) in [5.41, 5.74) is 7.50. The number of hydrogen-bond donors (Lipinski definition) is 3. The Labute approximate surface area is 103 Å². The van der Waals surface area contributed by atoms with Gasteiger partial charge in [0, 0.05) is 6.07 Å². The highest BCUT2D eigenvalue weighted by atomic mass is 16.4. The highest BCUT2D eigenvalue weighted by Gasteiger charge is 2.26. The molecule has 0 aliphatic heterocycles. The summed E-state index contributed by atoms with van der Waals surface area (Å²) in [6, 6.07) is 10.1. The minimum Gasteiger partial charge on any atom is -0.494 e. The van der Waals surface area contributed by atoms with Crippen molar-refractivity contribution in [1.82, 2.24) is 4.57 Å². The van der Waals surface area contributed by atoms with Crippen LogP contribution in [0.4, 0.5) is 5.82 Å². The van der Waals surface area contributed by atoms with Crippen LogP contribution < -0.4 is 0 Å². The Morgan fingerprint density at radius 3 is 2.44 bits per heavy atom. The summed E-state index contributed by atoms with van der Waals surface area (Å²) in [6.45, 7) is 0. The largest absolute Gasteiger partial charge is 0.494 e. The molecule has 0 spiro atoms. The van der Waals surface area contributed by atoms with Crippen LogP contribution in [0.5, 0.6) is 5.88 Å². The number of aromatic hydroxyl groups is 1. The van der Waals surface area contributed by atoms with Crippen LogP contribution in [0, 0.1) is 5.53 Å². The number of nitrogens with zero attached hydrogens (tertiary/aromatic N) is 2. The molecular weight excluding hydrogens is 234 g/mol. The number of aliphatic carboxylic acids is 1.